The maximum atomic E-state index is 13.4. The summed E-state index contributed by atoms with van der Waals surface area (Å²) in [5, 5.41) is 4.65. The Labute approximate surface area is 203 Å². The molecule has 0 aliphatic carbocycles. The highest BCUT2D eigenvalue weighted by molar-refractivity contribution is 5.93. The van der Waals surface area contributed by atoms with Crippen LogP contribution >= 0.6 is 0 Å². The van der Waals surface area contributed by atoms with Crippen LogP contribution in [0.3, 0.4) is 0 Å². The van der Waals surface area contributed by atoms with Crippen molar-refractivity contribution in [3.05, 3.63) is 53.6 Å². The number of nitrogens with zero attached hydrogens (tertiary/aromatic N) is 5. The van der Waals surface area contributed by atoms with E-state index >= 15 is 0 Å². The molecular formula is C26H30FN5O3. The number of rotatable bonds is 6. The van der Waals surface area contributed by atoms with Crippen molar-refractivity contribution in [2.24, 2.45) is 0 Å². The second-order valence-electron chi connectivity index (χ2n) is 9.55. The van der Waals surface area contributed by atoms with Crippen LogP contribution in [0.5, 0.6) is 0 Å². The highest BCUT2D eigenvalue weighted by Gasteiger charge is 2.44. The van der Waals surface area contributed by atoms with E-state index < -0.39 is 12.3 Å². The average Bonchev–Trinajstić information content (AvgIpc) is 3.42. The molecule has 4 heterocycles. The highest BCUT2D eigenvalue weighted by atomic mass is 19.1. The number of amides is 2. The van der Waals surface area contributed by atoms with Crippen molar-refractivity contribution in [1.82, 2.24) is 24.4 Å². The normalized spacial score (nSPS) is 20.2. The van der Waals surface area contributed by atoms with E-state index in [1.165, 1.54) is 12.1 Å². The summed E-state index contributed by atoms with van der Waals surface area (Å²) in [7, 11) is 0. The Bertz CT molecular complexity index is 1260. The van der Waals surface area contributed by atoms with Gasteiger partial charge in [-0.1, -0.05) is 33.6 Å². The third-order valence-corrected chi connectivity index (χ3v) is 6.76. The van der Waals surface area contributed by atoms with Crippen molar-refractivity contribution >= 4 is 17.5 Å². The van der Waals surface area contributed by atoms with Crippen LogP contribution in [-0.4, -0.2) is 68.2 Å². The summed E-state index contributed by atoms with van der Waals surface area (Å²) >= 11 is 0. The summed E-state index contributed by atoms with van der Waals surface area (Å²) in [6, 6.07) is 8.13. The Morgan fingerprint density at radius 3 is 2.71 bits per heavy atom. The van der Waals surface area contributed by atoms with E-state index in [1.807, 2.05) is 6.07 Å². The number of unbranched alkanes of at least 4 members (excludes halogenated alkanes) is 1. The third kappa shape index (κ3) is 4.40. The van der Waals surface area contributed by atoms with Crippen molar-refractivity contribution in [2.45, 2.75) is 58.3 Å². The summed E-state index contributed by atoms with van der Waals surface area (Å²) < 4.78 is 21.0. The molecule has 2 aromatic heterocycles. The molecule has 3 aromatic rings. The number of piperazine rings is 1. The number of halogens is 1. The lowest BCUT2D eigenvalue weighted by atomic mass is 10.0. The van der Waals surface area contributed by atoms with E-state index in [-0.39, 0.29) is 23.5 Å². The Hall–Kier alpha value is -3.33. The van der Waals surface area contributed by atoms with Gasteiger partial charge in [0.1, 0.15) is 17.6 Å². The van der Waals surface area contributed by atoms with Crippen molar-refractivity contribution in [3.8, 4) is 11.3 Å². The van der Waals surface area contributed by atoms with E-state index in [0.29, 0.717) is 43.1 Å². The summed E-state index contributed by atoms with van der Waals surface area (Å²) in [5.41, 5.74) is 3.35. The Morgan fingerprint density at radius 1 is 1.23 bits per heavy atom. The molecule has 0 N–H and O–H groups in total. The SMILES string of the molecule is CCCCC1O[C@H]2CN(C(=O)c3cn4nc(-c5ccc(F)cc5)cc(C(C)C)c4n3)CCN2C1=O. The predicted molar refractivity (Wildman–Crippen MR) is 128 cm³/mol. The zero-order chi connectivity index (χ0) is 24.7. The first-order valence-electron chi connectivity index (χ1n) is 12.3. The molecule has 2 aliphatic heterocycles. The molecule has 8 nitrogen and oxygen atoms in total. The second kappa shape index (κ2) is 9.37. The first kappa shape index (κ1) is 23.4. The van der Waals surface area contributed by atoms with Crippen LogP contribution in [0.25, 0.3) is 16.9 Å². The van der Waals surface area contributed by atoms with Crippen molar-refractivity contribution < 1.29 is 18.7 Å². The fourth-order valence-electron chi connectivity index (χ4n) is 4.77. The minimum absolute atomic E-state index is 0.0300. The average molecular weight is 480 g/mol. The van der Waals surface area contributed by atoms with Gasteiger partial charge in [0, 0.05) is 24.2 Å². The molecule has 0 bridgehead atoms. The Balaban J connectivity index is 1.40. The molecule has 0 spiro atoms. The number of aromatic nitrogens is 3. The highest BCUT2D eigenvalue weighted by Crippen LogP contribution is 2.28. The summed E-state index contributed by atoms with van der Waals surface area (Å²) in [6.07, 6.45) is 3.48. The van der Waals surface area contributed by atoms with E-state index in [1.54, 1.807) is 32.6 Å². The van der Waals surface area contributed by atoms with Gasteiger partial charge in [-0.3, -0.25) is 9.59 Å². The van der Waals surface area contributed by atoms with Gasteiger partial charge in [0.2, 0.25) is 0 Å². The van der Waals surface area contributed by atoms with Crippen LogP contribution in [0.15, 0.2) is 36.5 Å². The van der Waals surface area contributed by atoms with Crippen LogP contribution in [0.4, 0.5) is 4.39 Å². The summed E-state index contributed by atoms with van der Waals surface area (Å²) in [4.78, 5) is 34.1. The lowest BCUT2D eigenvalue weighted by Gasteiger charge is -2.35. The van der Waals surface area contributed by atoms with Gasteiger partial charge < -0.3 is 14.5 Å². The van der Waals surface area contributed by atoms with Gasteiger partial charge in [-0.2, -0.15) is 5.10 Å². The first-order valence-corrected chi connectivity index (χ1v) is 12.3. The lowest BCUT2D eigenvalue weighted by Crippen LogP contribution is -2.53. The monoisotopic (exact) mass is 479 g/mol. The van der Waals surface area contributed by atoms with Gasteiger partial charge >= 0.3 is 0 Å². The molecule has 2 aliphatic rings. The molecule has 0 radical (unpaired) electrons. The molecule has 184 valence electrons. The van der Waals surface area contributed by atoms with Crippen LogP contribution in [0, 0.1) is 5.82 Å². The molecule has 0 saturated carbocycles. The Kier molecular flexibility index (Phi) is 6.27. The van der Waals surface area contributed by atoms with Gasteiger partial charge in [0.15, 0.2) is 11.9 Å². The molecule has 2 atom stereocenters. The maximum Gasteiger partial charge on any atom is 0.274 e. The molecule has 2 saturated heterocycles. The Morgan fingerprint density at radius 2 is 2.00 bits per heavy atom. The van der Waals surface area contributed by atoms with Crippen LogP contribution in [0.2, 0.25) is 0 Å². The fraction of sp³-hybridized carbons (Fsp3) is 0.462. The third-order valence-electron chi connectivity index (χ3n) is 6.76. The van der Waals surface area contributed by atoms with Gasteiger partial charge in [-0.15, -0.1) is 0 Å². The predicted octanol–water partition coefficient (Wildman–Crippen LogP) is 3.86. The molecule has 1 unspecified atom stereocenters. The van der Waals surface area contributed by atoms with Gasteiger partial charge in [0.25, 0.3) is 11.8 Å². The summed E-state index contributed by atoms with van der Waals surface area (Å²) in [6.45, 7) is 7.42. The fourth-order valence-corrected chi connectivity index (χ4v) is 4.77. The van der Waals surface area contributed by atoms with Crippen molar-refractivity contribution in [1.29, 1.82) is 0 Å². The number of fused-ring (bicyclic) bond motifs is 2. The zero-order valence-corrected chi connectivity index (χ0v) is 20.3. The second-order valence-corrected chi connectivity index (χ2v) is 9.55. The summed E-state index contributed by atoms with van der Waals surface area (Å²) in [5.74, 6) is -0.339. The van der Waals surface area contributed by atoms with E-state index in [0.717, 1.165) is 24.0 Å². The first-order chi connectivity index (χ1) is 16.9. The molecule has 5 rings (SSSR count). The molecule has 1 aromatic carbocycles. The quantitative estimate of drug-likeness (QED) is 0.537. The molecule has 2 amide bonds. The van der Waals surface area contributed by atoms with E-state index in [4.69, 9.17) is 4.74 Å². The standard InChI is InChI=1S/C26H30FN5O3/c1-4-5-6-22-26(34)31-12-11-30(15-23(31)35-22)25(33)21-14-32-24(28-21)19(16(2)3)13-20(29-32)17-7-9-18(27)10-8-17/h7-10,13-14,16,22-23H,4-6,11-12,15H2,1-3H3/t22?,23-/m0/s1. The number of hydrogen-bond acceptors (Lipinski definition) is 5. The van der Waals surface area contributed by atoms with E-state index in [9.17, 15) is 14.0 Å². The largest absolute Gasteiger partial charge is 0.343 e. The van der Waals surface area contributed by atoms with Crippen LogP contribution < -0.4 is 0 Å². The van der Waals surface area contributed by atoms with Gasteiger partial charge in [-0.25, -0.2) is 13.9 Å². The number of carbonyl (C=O) groups is 2. The molecule has 9 heteroatoms. The number of benzene rings is 1. The van der Waals surface area contributed by atoms with Crippen molar-refractivity contribution in [2.75, 3.05) is 19.6 Å². The number of ether oxygens (including phenoxy) is 1. The minimum Gasteiger partial charge on any atom is -0.343 e. The van der Waals surface area contributed by atoms with Crippen molar-refractivity contribution in [3.63, 3.8) is 0 Å². The maximum absolute atomic E-state index is 13.4. The number of carbonyl (C=O) groups excluding carboxylic acids is 2. The molecule has 35 heavy (non-hydrogen) atoms. The van der Waals surface area contributed by atoms with Gasteiger partial charge in [-0.05, 0) is 42.7 Å². The van der Waals surface area contributed by atoms with Gasteiger partial charge in [0.05, 0.1) is 18.4 Å². The minimum atomic E-state index is -0.409. The topological polar surface area (TPSA) is 80.0 Å². The number of hydrogen-bond donors (Lipinski definition) is 0. The molecular weight excluding hydrogens is 449 g/mol. The van der Waals surface area contributed by atoms with Crippen LogP contribution in [-0.2, 0) is 9.53 Å². The van der Waals surface area contributed by atoms with E-state index in [2.05, 4.69) is 30.9 Å². The van der Waals surface area contributed by atoms with Crippen LogP contribution in [0.1, 0.15) is 62.0 Å². The lowest BCUT2D eigenvalue weighted by molar-refractivity contribution is -0.131. The molecule has 2 fully saturated rings. The number of imidazole rings is 1. The smallest absolute Gasteiger partial charge is 0.274 e. The zero-order valence-electron chi connectivity index (χ0n) is 20.3.